The second kappa shape index (κ2) is 8.25. The molecule has 1 rings (SSSR count). The highest BCUT2D eigenvalue weighted by atomic mass is 32.3. The minimum Gasteiger partial charge on any atom is -0.394 e. The number of aliphatic hydroxyl groups is 5. The number of nitrogens with zero attached hydrogens (tertiary/aromatic N) is 1. The Morgan fingerprint density at radius 2 is 1.83 bits per heavy atom. The molecule has 0 aliphatic carbocycles. The van der Waals surface area contributed by atoms with Gasteiger partial charge in [-0.1, -0.05) is 16.9 Å². The fourth-order valence-electron chi connectivity index (χ4n) is 1.85. The van der Waals surface area contributed by atoms with Gasteiger partial charge in [0.05, 0.1) is 12.2 Å². The summed E-state index contributed by atoms with van der Waals surface area (Å²) in [7, 11) is -4.88. The van der Waals surface area contributed by atoms with Crippen LogP contribution in [0.5, 0.6) is 0 Å². The standard InChI is InChI=1S/C11H21NO10S2/c1-11(2,17)3-6(12-22-24(18,19)20)23-10-9(16)8(15)7(14)5(4-13)21-10/h5,7-10,13-17H,3-4H2,1-2H3,(H,18,19,20)/b12-6+/t5-,7+,8-,9+,10+/m0/s1. The van der Waals surface area contributed by atoms with E-state index in [1.54, 1.807) is 0 Å². The number of aliphatic hydroxyl groups excluding tert-OH is 4. The lowest BCUT2D eigenvalue weighted by molar-refractivity contribution is -0.205. The third-order valence-electron chi connectivity index (χ3n) is 2.92. The van der Waals surface area contributed by atoms with Gasteiger partial charge in [-0.2, -0.15) is 8.42 Å². The van der Waals surface area contributed by atoms with Gasteiger partial charge in [-0.15, -0.1) is 0 Å². The van der Waals surface area contributed by atoms with Crippen molar-refractivity contribution in [1.29, 1.82) is 0 Å². The van der Waals surface area contributed by atoms with Gasteiger partial charge >= 0.3 is 10.4 Å². The van der Waals surface area contributed by atoms with Crippen LogP contribution in [-0.2, 0) is 19.4 Å². The maximum absolute atomic E-state index is 10.6. The molecular weight excluding hydrogens is 370 g/mol. The molecule has 0 aromatic heterocycles. The minimum absolute atomic E-state index is 0.176. The summed E-state index contributed by atoms with van der Waals surface area (Å²) in [6, 6.07) is 0. The molecule has 0 aromatic carbocycles. The molecule has 1 saturated heterocycles. The molecule has 0 radical (unpaired) electrons. The highest BCUT2D eigenvalue weighted by Gasteiger charge is 2.44. The number of hydrogen-bond acceptors (Lipinski definition) is 11. The molecule has 0 saturated carbocycles. The van der Waals surface area contributed by atoms with Crippen LogP contribution in [0.2, 0.25) is 0 Å². The normalized spacial score (nSPS) is 32.7. The Balaban J connectivity index is 2.95. The lowest BCUT2D eigenvalue weighted by Gasteiger charge is -2.39. The second-order valence-electron chi connectivity index (χ2n) is 5.79. The van der Waals surface area contributed by atoms with Gasteiger partial charge in [0.25, 0.3) is 0 Å². The number of ether oxygens (including phenoxy) is 1. The molecule has 1 fully saturated rings. The molecule has 11 nitrogen and oxygen atoms in total. The third-order valence-corrected chi connectivity index (χ3v) is 4.29. The number of hydrogen-bond donors (Lipinski definition) is 6. The molecular formula is C11H21NO10S2. The zero-order chi connectivity index (χ0) is 18.7. The Morgan fingerprint density at radius 3 is 2.29 bits per heavy atom. The van der Waals surface area contributed by atoms with Gasteiger partial charge in [0, 0.05) is 6.42 Å². The molecule has 0 amide bonds. The van der Waals surface area contributed by atoms with E-state index in [-0.39, 0.29) is 11.5 Å². The van der Waals surface area contributed by atoms with Crippen molar-refractivity contribution in [3.63, 3.8) is 0 Å². The topological polar surface area (TPSA) is 186 Å². The molecule has 0 bridgehead atoms. The molecule has 1 aliphatic rings. The van der Waals surface area contributed by atoms with Crippen LogP contribution in [-0.4, -0.2) is 85.6 Å². The van der Waals surface area contributed by atoms with Crippen molar-refractivity contribution < 1.29 is 47.5 Å². The van der Waals surface area contributed by atoms with E-state index in [0.29, 0.717) is 11.8 Å². The predicted octanol–water partition coefficient (Wildman–Crippen LogP) is -2.19. The molecule has 6 N–H and O–H groups in total. The molecule has 13 heteroatoms. The first kappa shape index (κ1) is 21.5. The Bertz CT molecular complexity index is 543. The average molecular weight is 391 g/mol. The number of oxime groups is 1. The van der Waals surface area contributed by atoms with E-state index in [1.807, 2.05) is 0 Å². The number of thioether (sulfide) groups is 1. The smallest absolute Gasteiger partial charge is 0.394 e. The molecule has 24 heavy (non-hydrogen) atoms. The molecule has 1 heterocycles. The van der Waals surface area contributed by atoms with Crippen LogP contribution in [0, 0.1) is 0 Å². The van der Waals surface area contributed by atoms with Crippen LogP contribution >= 0.6 is 11.8 Å². The highest BCUT2D eigenvalue weighted by Crippen LogP contribution is 2.31. The lowest BCUT2D eigenvalue weighted by atomic mass is 10.0. The van der Waals surface area contributed by atoms with E-state index in [0.717, 1.165) is 0 Å². The van der Waals surface area contributed by atoms with Gasteiger partial charge in [-0.3, -0.25) is 4.55 Å². The van der Waals surface area contributed by atoms with Gasteiger partial charge in [0.2, 0.25) is 0 Å². The number of rotatable bonds is 6. The summed E-state index contributed by atoms with van der Waals surface area (Å²) in [5.41, 5.74) is -2.59. The van der Waals surface area contributed by atoms with Gasteiger partial charge in [-0.25, -0.2) is 4.28 Å². The molecule has 1 aliphatic heterocycles. The molecule has 0 spiro atoms. The molecule has 0 unspecified atom stereocenters. The zero-order valence-electron chi connectivity index (χ0n) is 12.9. The van der Waals surface area contributed by atoms with E-state index in [4.69, 9.17) is 14.4 Å². The fraction of sp³-hybridized carbons (Fsp3) is 0.909. The average Bonchev–Trinajstić information content (AvgIpc) is 2.43. The summed E-state index contributed by atoms with van der Waals surface area (Å²) in [4.78, 5) is 0. The van der Waals surface area contributed by atoms with Crippen LogP contribution < -0.4 is 0 Å². The lowest BCUT2D eigenvalue weighted by Crippen LogP contribution is -2.57. The first-order chi connectivity index (χ1) is 10.8. The summed E-state index contributed by atoms with van der Waals surface area (Å²) >= 11 is 0.601. The second-order valence-corrected chi connectivity index (χ2v) is 7.97. The van der Waals surface area contributed by atoms with Gasteiger partial charge in [-0.05, 0) is 13.8 Å². The van der Waals surface area contributed by atoms with Crippen LogP contribution in [0.15, 0.2) is 5.16 Å². The highest BCUT2D eigenvalue weighted by molar-refractivity contribution is 8.14. The van der Waals surface area contributed by atoms with E-state index >= 15 is 0 Å². The van der Waals surface area contributed by atoms with Crippen LogP contribution in [0.4, 0.5) is 0 Å². The zero-order valence-corrected chi connectivity index (χ0v) is 14.5. The monoisotopic (exact) mass is 391 g/mol. The summed E-state index contributed by atoms with van der Waals surface area (Å²) in [5, 5.41) is 51.3. The summed E-state index contributed by atoms with van der Waals surface area (Å²) in [6.45, 7) is 2.15. The van der Waals surface area contributed by atoms with Crippen molar-refractivity contribution in [1.82, 2.24) is 0 Å². The largest absolute Gasteiger partial charge is 0.466 e. The van der Waals surface area contributed by atoms with Crippen molar-refractivity contribution in [3.05, 3.63) is 0 Å². The van der Waals surface area contributed by atoms with Crippen molar-refractivity contribution in [3.8, 4) is 0 Å². The van der Waals surface area contributed by atoms with Crippen LogP contribution in [0.3, 0.4) is 0 Å². The van der Waals surface area contributed by atoms with Crippen molar-refractivity contribution >= 4 is 27.2 Å². The van der Waals surface area contributed by atoms with E-state index in [9.17, 15) is 28.8 Å². The minimum atomic E-state index is -4.88. The Hall–Kier alpha value is -0.510. The Labute approximate surface area is 142 Å². The Kier molecular flexibility index (Phi) is 7.40. The van der Waals surface area contributed by atoms with Crippen LogP contribution in [0.1, 0.15) is 20.3 Å². The molecule has 142 valence electrons. The Morgan fingerprint density at radius 1 is 1.25 bits per heavy atom. The van der Waals surface area contributed by atoms with E-state index in [2.05, 4.69) is 9.44 Å². The maximum atomic E-state index is 10.6. The van der Waals surface area contributed by atoms with Crippen LogP contribution in [0.25, 0.3) is 0 Å². The summed E-state index contributed by atoms with van der Waals surface area (Å²) in [5.74, 6) is 0. The van der Waals surface area contributed by atoms with Crippen molar-refractivity contribution in [2.45, 2.75) is 55.7 Å². The van der Waals surface area contributed by atoms with Gasteiger partial charge < -0.3 is 30.3 Å². The van der Waals surface area contributed by atoms with Crippen molar-refractivity contribution in [2.24, 2.45) is 5.16 Å². The predicted molar refractivity (Wildman–Crippen MR) is 82.3 cm³/mol. The van der Waals surface area contributed by atoms with Crippen molar-refractivity contribution in [2.75, 3.05) is 6.61 Å². The first-order valence-electron chi connectivity index (χ1n) is 6.76. The van der Waals surface area contributed by atoms with Gasteiger partial charge in [0.15, 0.2) is 0 Å². The summed E-state index contributed by atoms with van der Waals surface area (Å²) < 4.78 is 38.9. The quantitative estimate of drug-likeness (QED) is 0.125. The first-order valence-corrected chi connectivity index (χ1v) is 9.01. The summed E-state index contributed by atoms with van der Waals surface area (Å²) in [6.07, 6.45) is -6.16. The van der Waals surface area contributed by atoms with E-state index < -0.39 is 52.5 Å². The fourth-order valence-corrected chi connectivity index (χ4v) is 3.37. The van der Waals surface area contributed by atoms with Gasteiger partial charge in [0.1, 0.15) is 34.9 Å². The third kappa shape index (κ3) is 6.78. The SMILES string of the molecule is CC(C)(O)C/C(=N\OS(=O)(=O)O)S[C@H]1O[C@@H](CO)[C@@H](O)[C@H](O)[C@H]1O. The molecule has 0 aromatic rings. The molecule has 5 atom stereocenters. The van der Waals surface area contributed by atoms with E-state index in [1.165, 1.54) is 13.8 Å². The maximum Gasteiger partial charge on any atom is 0.466 e.